The summed E-state index contributed by atoms with van der Waals surface area (Å²) in [7, 11) is 0. The summed E-state index contributed by atoms with van der Waals surface area (Å²) < 4.78 is 5.67. The van der Waals surface area contributed by atoms with E-state index in [9.17, 15) is 9.59 Å². The molecule has 1 unspecified atom stereocenters. The molecule has 5 aliphatic rings. The Kier molecular flexibility index (Phi) is 3.70. The Labute approximate surface area is 154 Å². The number of amides is 1. The minimum Gasteiger partial charge on any atom is -0.477 e. The van der Waals surface area contributed by atoms with Gasteiger partial charge in [-0.25, -0.2) is 0 Å². The normalized spacial score (nSPS) is 39.6. The molecule has 0 spiro atoms. The molecule has 1 aromatic carbocycles. The molecule has 1 atom stereocenters. The SMILES string of the molecule is O=C(NC1C2CC3CC(C2)CC1C3)C1(C(=O)c2ccccc2)CC=CO1. The molecule has 0 aromatic heterocycles. The fourth-order valence-corrected chi connectivity index (χ4v) is 6.07. The van der Waals surface area contributed by atoms with Crippen molar-refractivity contribution in [3.63, 3.8) is 0 Å². The molecule has 1 aromatic rings. The van der Waals surface area contributed by atoms with Gasteiger partial charge in [-0.2, -0.15) is 0 Å². The molecular weight excluding hydrogens is 326 g/mol. The minimum atomic E-state index is -1.43. The highest BCUT2D eigenvalue weighted by molar-refractivity contribution is 6.17. The number of hydrogen-bond donors (Lipinski definition) is 1. The van der Waals surface area contributed by atoms with Gasteiger partial charge in [-0.05, 0) is 61.9 Å². The van der Waals surface area contributed by atoms with E-state index in [-0.39, 0.29) is 17.7 Å². The van der Waals surface area contributed by atoms with Crippen molar-refractivity contribution in [2.24, 2.45) is 23.7 Å². The van der Waals surface area contributed by atoms with Crippen LogP contribution in [0.15, 0.2) is 42.7 Å². The molecule has 1 amide bonds. The summed E-state index contributed by atoms with van der Waals surface area (Å²) in [4.78, 5) is 26.4. The van der Waals surface area contributed by atoms with Gasteiger partial charge in [0.25, 0.3) is 11.5 Å². The van der Waals surface area contributed by atoms with Gasteiger partial charge in [0, 0.05) is 18.0 Å². The first-order chi connectivity index (χ1) is 12.7. The highest BCUT2D eigenvalue weighted by Gasteiger charge is 2.53. The van der Waals surface area contributed by atoms with Crippen molar-refractivity contribution in [2.45, 2.75) is 50.2 Å². The van der Waals surface area contributed by atoms with Crippen molar-refractivity contribution in [3.05, 3.63) is 48.2 Å². The second-order valence-electron chi connectivity index (χ2n) is 8.65. The van der Waals surface area contributed by atoms with Crippen LogP contribution in [0.5, 0.6) is 0 Å². The zero-order chi connectivity index (χ0) is 17.7. The molecule has 1 N–H and O–H groups in total. The Bertz CT molecular complexity index is 718. The van der Waals surface area contributed by atoms with Gasteiger partial charge in [0.15, 0.2) is 0 Å². The largest absolute Gasteiger partial charge is 0.477 e. The summed E-state index contributed by atoms with van der Waals surface area (Å²) in [5, 5.41) is 3.27. The lowest BCUT2D eigenvalue weighted by Crippen LogP contribution is -2.61. The second kappa shape index (κ2) is 5.97. The third-order valence-corrected chi connectivity index (χ3v) is 7.06. The molecule has 26 heavy (non-hydrogen) atoms. The van der Waals surface area contributed by atoms with E-state index in [1.54, 1.807) is 18.2 Å². The number of benzene rings is 1. The maximum atomic E-state index is 13.3. The first kappa shape index (κ1) is 16.1. The molecule has 4 heteroatoms. The van der Waals surface area contributed by atoms with Gasteiger partial charge in [0.1, 0.15) is 0 Å². The van der Waals surface area contributed by atoms with Gasteiger partial charge in [0.2, 0.25) is 5.78 Å². The Morgan fingerprint density at radius 1 is 0.962 bits per heavy atom. The van der Waals surface area contributed by atoms with Crippen LogP contribution in [0.1, 0.15) is 48.9 Å². The summed E-state index contributed by atoms with van der Waals surface area (Å²) in [6, 6.07) is 9.22. The van der Waals surface area contributed by atoms with Crippen LogP contribution in [-0.2, 0) is 9.53 Å². The monoisotopic (exact) mass is 351 g/mol. The van der Waals surface area contributed by atoms with Crippen molar-refractivity contribution in [1.82, 2.24) is 5.32 Å². The smallest absolute Gasteiger partial charge is 0.272 e. The van der Waals surface area contributed by atoms with Crippen molar-refractivity contribution in [1.29, 1.82) is 0 Å². The van der Waals surface area contributed by atoms with Crippen molar-refractivity contribution in [3.8, 4) is 0 Å². The number of carbonyl (C=O) groups excluding carboxylic acids is 2. The fraction of sp³-hybridized carbons (Fsp3) is 0.545. The predicted molar refractivity (Wildman–Crippen MR) is 97.3 cm³/mol. The quantitative estimate of drug-likeness (QED) is 0.667. The van der Waals surface area contributed by atoms with Gasteiger partial charge in [-0.3, -0.25) is 9.59 Å². The molecule has 4 bridgehead atoms. The van der Waals surface area contributed by atoms with Crippen LogP contribution in [0.25, 0.3) is 0 Å². The number of Topliss-reactive ketones (excluding diaryl/α,β-unsaturated/α-hetero) is 1. The van der Waals surface area contributed by atoms with Gasteiger partial charge >= 0.3 is 0 Å². The molecule has 0 saturated heterocycles. The first-order valence-electron chi connectivity index (χ1n) is 9.89. The maximum Gasteiger partial charge on any atom is 0.272 e. The third-order valence-electron chi connectivity index (χ3n) is 7.06. The third kappa shape index (κ3) is 2.42. The van der Waals surface area contributed by atoms with E-state index >= 15 is 0 Å². The molecular formula is C22H25NO3. The van der Waals surface area contributed by atoms with E-state index in [0.29, 0.717) is 23.8 Å². The standard InChI is InChI=1S/C22H25NO3/c24-20(16-5-2-1-3-6-16)22(7-4-8-26-22)21(25)23-19-17-10-14-9-15(12-17)13-18(19)11-14/h1-6,8,14-15,17-19H,7,9-13H2,(H,23,25). The van der Waals surface area contributed by atoms with Crippen LogP contribution in [0, 0.1) is 23.7 Å². The lowest BCUT2D eigenvalue weighted by molar-refractivity contribution is -0.138. The van der Waals surface area contributed by atoms with Crippen molar-refractivity contribution < 1.29 is 14.3 Å². The Morgan fingerprint density at radius 2 is 1.62 bits per heavy atom. The van der Waals surface area contributed by atoms with Crippen LogP contribution in [0.4, 0.5) is 0 Å². The number of ether oxygens (including phenoxy) is 1. The topological polar surface area (TPSA) is 55.4 Å². The summed E-state index contributed by atoms with van der Waals surface area (Å²) in [6.07, 6.45) is 9.90. The zero-order valence-electron chi connectivity index (χ0n) is 14.9. The molecule has 4 fully saturated rings. The molecule has 4 aliphatic carbocycles. The Morgan fingerprint density at radius 3 is 2.19 bits per heavy atom. The number of rotatable bonds is 4. The van der Waals surface area contributed by atoms with Crippen LogP contribution >= 0.6 is 0 Å². The van der Waals surface area contributed by atoms with Crippen LogP contribution in [-0.4, -0.2) is 23.3 Å². The molecule has 1 aliphatic heterocycles. The van der Waals surface area contributed by atoms with Crippen LogP contribution < -0.4 is 5.32 Å². The molecule has 1 heterocycles. The van der Waals surface area contributed by atoms with Gasteiger partial charge in [0.05, 0.1) is 6.26 Å². The molecule has 136 valence electrons. The molecule has 4 nitrogen and oxygen atoms in total. The number of ketones is 1. The second-order valence-corrected chi connectivity index (χ2v) is 8.65. The van der Waals surface area contributed by atoms with E-state index in [0.717, 1.165) is 11.8 Å². The summed E-state index contributed by atoms with van der Waals surface area (Å²) in [5.41, 5.74) is -0.910. The number of carbonyl (C=O) groups is 2. The zero-order valence-corrected chi connectivity index (χ0v) is 14.9. The predicted octanol–water partition coefficient (Wildman–Crippen LogP) is 3.48. The first-order valence-corrected chi connectivity index (χ1v) is 9.89. The lowest BCUT2D eigenvalue weighted by Gasteiger charge is -2.54. The summed E-state index contributed by atoms with van der Waals surface area (Å²) in [5.74, 6) is 2.37. The van der Waals surface area contributed by atoms with Gasteiger partial charge < -0.3 is 10.1 Å². The van der Waals surface area contributed by atoms with E-state index < -0.39 is 5.60 Å². The van der Waals surface area contributed by atoms with E-state index in [4.69, 9.17) is 4.74 Å². The maximum absolute atomic E-state index is 13.3. The average molecular weight is 351 g/mol. The molecule has 6 rings (SSSR count). The van der Waals surface area contributed by atoms with Gasteiger partial charge in [-0.1, -0.05) is 30.3 Å². The molecule has 4 saturated carbocycles. The Hall–Kier alpha value is -2.10. The fourth-order valence-electron chi connectivity index (χ4n) is 6.07. The number of hydrogen-bond acceptors (Lipinski definition) is 3. The van der Waals surface area contributed by atoms with Crippen molar-refractivity contribution in [2.75, 3.05) is 0 Å². The Balaban J connectivity index is 1.38. The van der Waals surface area contributed by atoms with Crippen LogP contribution in [0.3, 0.4) is 0 Å². The molecule has 0 radical (unpaired) electrons. The lowest BCUT2D eigenvalue weighted by atomic mass is 9.54. The van der Waals surface area contributed by atoms with Crippen molar-refractivity contribution >= 4 is 11.7 Å². The van der Waals surface area contributed by atoms with Gasteiger partial charge in [-0.15, -0.1) is 0 Å². The average Bonchev–Trinajstić information content (AvgIpc) is 3.15. The minimum absolute atomic E-state index is 0.208. The highest BCUT2D eigenvalue weighted by Crippen LogP contribution is 2.53. The van der Waals surface area contributed by atoms with E-state index in [1.807, 2.05) is 18.2 Å². The van der Waals surface area contributed by atoms with Crippen LogP contribution in [0.2, 0.25) is 0 Å². The van der Waals surface area contributed by atoms with E-state index in [1.165, 1.54) is 38.4 Å². The van der Waals surface area contributed by atoms with E-state index in [2.05, 4.69) is 5.32 Å². The summed E-state index contributed by atoms with van der Waals surface area (Å²) in [6.45, 7) is 0. The summed E-state index contributed by atoms with van der Waals surface area (Å²) >= 11 is 0. The highest BCUT2D eigenvalue weighted by atomic mass is 16.5. The number of nitrogens with one attached hydrogen (secondary N) is 1.